The molecule has 23 heavy (non-hydrogen) atoms. The summed E-state index contributed by atoms with van der Waals surface area (Å²) < 4.78 is 1.04. The van der Waals surface area contributed by atoms with Gasteiger partial charge in [0.2, 0.25) is 0 Å². The number of nitrogens with zero attached hydrogens (tertiary/aromatic N) is 2. The molecule has 0 aromatic heterocycles. The predicted molar refractivity (Wildman–Crippen MR) is 96.0 cm³/mol. The van der Waals surface area contributed by atoms with Crippen molar-refractivity contribution in [3.63, 3.8) is 0 Å². The molecular formula is C17H12BrN3O2. The Hall–Kier alpha value is -2.73. The summed E-state index contributed by atoms with van der Waals surface area (Å²) in [5.74, 6) is 0. The van der Waals surface area contributed by atoms with E-state index >= 15 is 0 Å². The molecule has 0 aliphatic heterocycles. The molecule has 0 atom stereocenters. The highest BCUT2D eigenvalue weighted by Gasteiger charge is 2.03. The van der Waals surface area contributed by atoms with Crippen molar-refractivity contribution in [2.45, 2.75) is 0 Å². The van der Waals surface area contributed by atoms with Crippen LogP contribution in [-0.4, -0.2) is 11.1 Å². The number of rotatable bonds is 4. The molecule has 0 aliphatic carbocycles. The predicted octanol–water partition coefficient (Wildman–Crippen LogP) is 4.96. The van der Waals surface area contributed by atoms with Crippen molar-refractivity contribution >= 4 is 44.3 Å². The summed E-state index contributed by atoms with van der Waals surface area (Å²) in [7, 11) is 0. The van der Waals surface area contributed by atoms with Crippen molar-refractivity contribution in [3.05, 3.63) is 80.8 Å². The van der Waals surface area contributed by atoms with Gasteiger partial charge < -0.3 is 0 Å². The first kappa shape index (κ1) is 15.2. The van der Waals surface area contributed by atoms with Gasteiger partial charge in [-0.1, -0.05) is 46.3 Å². The summed E-state index contributed by atoms with van der Waals surface area (Å²) in [5.41, 5.74) is 4.60. The molecule has 6 heteroatoms. The molecule has 0 amide bonds. The van der Waals surface area contributed by atoms with Crippen molar-refractivity contribution in [2.75, 3.05) is 5.43 Å². The van der Waals surface area contributed by atoms with E-state index in [1.54, 1.807) is 18.3 Å². The highest BCUT2D eigenvalue weighted by Crippen LogP contribution is 2.25. The minimum atomic E-state index is -0.430. The fourth-order valence-electron chi connectivity index (χ4n) is 2.24. The number of hydrogen-bond donors (Lipinski definition) is 1. The molecular weight excluding hydrogens is 358 g/mol. The summed E-state index contributed by atoms with van der Waals surface area (Å²) in [4.78, 5) is 10.2. The molecule has 0 saturated heterocycles. The maximum Gasteiger partial charge on any atom is 0.269 e. The van der Waals surface area contributed by atoms with E-state index in [2.05, 4.69) is 26.5 Å². The van der Waals surface area contributed by atoms with E-state index in [-0.39, 0.29) is 5.69 Å². The van der Waals surface area contributed by atoms with Gasteiger partial charge in [-0.2, -0.15) is 5.10 Å². The molecule has 1 N–H and O–H groups in total. The van der Waals surface area contributed by atoms with Crippen molar-refractivity contribution in [3.8, 4) is 0 Å². The van der Waals surface area contributed by atoms with Crippen LogP contribution in [0.2, 0.25) is 0 Å². The Bertz CT molecular complexity index is 892. The van der Waals surface area contributed by atoms with Crippen LogP contribution < -0.4 is 5.43 Å². The smallest absolute Gasteiger partial charge is 0.269 e. The van der Waals surface area contributed by atoms with Crippen LogP contribution >= 0.6 is 15.9 Å². The molecule has 0 bridgehead atoms. The summed E-state index contributed by atoms with van der Waals surface area (Å²) in [5, 5.41) is 17.0. The molecule has 3 rings (SSSR count). The summed E-state index contributed by atoms with van der Waals surface area (Å²) in [6.07, 6.45) is 1.73. The largest absolute Gasteiger partial charge is 0.278 e. The van der Waals surface area contributed by atoms with E-state index in [1.807, 2.05) is 36.4 Å². The van der Waals surface area contributed by atoms with Gasteiger partial charge in [-0.3, -0.25) is 15.5 Å². The molecule has 0 unspecified atom stereocenters. The first-order valence-corrected chi connectivity index (χ1v) is 7.65. The Balaban J connectivity index is 1.81. The van der Waals surface area contributed by atoms with E-state index in [0.29, 0.717) is 5.69 Å². The molecule has 0 saturated carbocycles. The van der Waals surface area contributed by atoms with Gasteiger partial charge in [0.1, 0.15) is 0 Å². The van der Waals surface area contributed by atoms with Crippen LogP contribution in [0.3, 0.4) is 0 Å². The summed E-state index contributed by atoms with van der Waals surface area (Å²) >= 11 is 3.54. The fraction of sp³-hybridized carbons (Fsp3) is 0. The summed E-state index contributed by atoms with van der Waals surface area (Å²) in [6, 6.07) is 18.1. The Morgan fingerprint density at radius 3 is 2.43 bits per heavy atom. The van der Waals surface area contributed by atoms with Gasteiger partial charge in [0.15, 0.2) is 0 Å². The van der Waals surface area contributed by atoms with Crippen LogP contribution in [0.25, 0.3) is 10.8 Å². The topological polar surface area (TPSA) is 67.5 Å². The van der Waals surface area contributed by atoms with E-state index in [9.17, 15) is 10.1 Å². The number of hydrogen-bond acceptors (Lipinski definition) is 4. The van der Waals surface area contributed by atoms with Crippen molar-refractivity contribution < 1.29 is 4.92 Å². The van der Waals surface area contributed by atoms with Crippen molar-refractivity contribution in [1.29, 1.82) is 0 Å². The summed E-state index contributed by atoms with van der Waals surface area (Å²) in [6.45, 7) is 0. The lowest BCUT2D eigenvalue weighted by molar-refractivity contribution is -0.384. The third-order valence-corrected chi connectivity index (χ3v) is 4.07. The monoisotopic (exact) mass is 369 g/mol. The number of nitro benzene ring substituents is 1. The lowest BCUT2D eigenvalue weighted by atomic mass is 10.1. The average molecular weight is 370 g/mol. The Morgan fingerprint density at radius 2 is 1.70 bits per heavy atom. The quantitative estimate of drug-likeness (QED) is 0.401. The Morgan fingerprint density at radius 1 is 1.00 bits per heavy atom. The molecule has 0 heterocycles. The van der Waals surface area contributed by atoms with Crippen molar-refractivity contribution in [1.82, 2.24) is 0 Å². The number of benzene rings is 3. The standard InChI is InChI=1S/C17H12BrN3O2/c18-17-6-2-4-15-12(3-1-5-16(15)17)11-19-20-13-7-9-14(10-8-13)21(22)23/h1-11,20H/b19-11+. The van der Waals surface area contributed by atoms with Gasteiger partial charge in [-0.05, 0) is 29.0 Å². The zero-order chi connectivity index (χ0) is 16.2. The third kappa shape index (κ3) is 3.37. The minimum absolute atomic E-state index is 0.0541. The zero-order valence-electron chi connectivity index (χ0n) is 11.9. The highest BCUT2D eigenvalue weighted by atomic mass is 79.9. The Labute approximate surface area is 140 Å². The number of anilines is 1. The maximum absolute atomic E-state index is 10.6. The van der Waals surface area contributed by atoms with E-state index in [0.717, 1.165) is 20.8 Å². The number of halogens is 1. The SMILES string of the molecule is O=[N+]([O-])c1ccc(N/N=C/c2cccc3c(Br)cccc23)cc1. The van der Waals surface area contributed by atoms with Gasteiger partial charge >= 0.3 is 0 Å². The molecule has 0 radical (unpaired) electrons. The first-order valence-electron chi connectivity index (χ1n) is 6.86. The molecule has 3 aromatic rings. The third-order valence-electron chi connectivity index (χ3n) is 3.38. The molecule has 0 fully saturated rings. The van der Waals surface area contributed by atoms with E-state index in [1.165, 1.54) is 12.1 Å². The molecule has 3 aromatic carbocycles. The fourth-order valence-corrected chi connectivity index (χ4v) is 2.74. The van der Waals surface area contributed by atoms with Gasteiger partial charge in [0, 0.05) is 22.2 Å². The lowest BCUT2D eigenvalue weighted by Crippen LogP contribution is -1.92. The van der Waals surface area contributed by atoms with E-state index in [4.69, 9.17) is 0 Å². The van der Waals surface area contributed by atoms with Crippen LogP contribution in [-0.2, 0) is 0 Å². The number of hydrazone groups is 1. The van der Waals surface area contributed by atoms with Gasteiger partial charge in [0.05, 0.1) is 16.8 Å². The van der Waals surface area contributed by atoms with Gasteiger partial charge in [-0.15, -0.1) is 0 Å². The second-order valence-electron chi connectivity index (χ2n) is 4.86. The van der Waals surface area contributed by atoms with Crippen LogP contribution in [0, 0.1) is 10.1 Å². The maximum atomic E-state index is 10.6. The van der Waals surface area contributed by atoms with Crippen LogP contribution in [0.5, 0.6) is 0 Å². The second kappa shape index (κ2) is 6.58. The minimum Gasteiger partial charge on any atom is -0.278 e. The van der Waals surface area contributed by atoms with Gasteiger partial charge in [-0.25, -0.2) is 0 Å². The number of nitro groups is 1. The Kier molecular flexibility index (Phi) is 4.34. The average Bonchev–Trinajstić information content (AvgIpc) is 2.56. The molecule has 0 aliphatic rings. The van der Waals surface area contributed by atoms with Crippen LogP contribution in [0.15, 0.2) is 70.2 Å². The number of fused-ring (bicyclic) bond motifs is 1. The van der Waals surface area contributed by atoms with Crippen LogP contribution in [0.4, 0.5) is 11.4 Å². The second-order valence-corrected chi connectivity index (χ2v) is 5.71. The number of nitrogens with one attached hydrogen (secondary N) is 1. The van der Waals surface area contributed by atoms with E-state index < -0.39 is 4.92 Å². The lowest BCUT2D eigenvalue weighted by Gasteiger charge is -2.04. The normalized spacial score (nSPS) is 11.0. The molecule has 5 nitrogen and oxygen atoms in total. The highest BCUT2D eigenvalue weighted by molar-refractivity contribution is 9.10. The number of non-ortho nitro benzene ring substituents is 1. The van der Waals surface area contributed by atoms with Crippen LogP contribution in [0.1, 0.15) is 5.56 Å². The van der Waals surface area contributed by atoms with Gasteiger partial charge in [0.25, 0.3) is 5.69 Å². The first-order chi connectivity index (χ1) is 11.1. The molecule has 114 valence electrons. The van der Waals surface area contributed by atoms with Crippen molar-refractivity contribution in [2.24, 2.45) is 5.10 Å². The molecule has 0 spiro atoms. The zero-order valence-corrected chi connectivity index (χ0v) is 13.5.